The second-order valence-electron chi connectivity index (χ2n) is 9.97. The molecule has 1 aliphatic heterocycles. The monoisotopic (exact) mass is 654 g/mol. The van der Waals surface area contributed by atoms with Crippen molar-refractivity contribution in [3.63, 3.8) is 0 Å². The molecule has 11 heteroatoms. The first-order valence-electron chi connectivity index (χ1n) is 13.9. The van der Waals surface area contributed by atoms with Crippen LogP contribution in [0.5, 0.6) is 0 Å². The van der Waals surface area contributed by atoms with Gasteiger partial charge < -0.3 is 19.3 Å². The summed E-state index contributed by atoms with van der Waals surface area (Å²) < 4.78 is 54.1. The summed E-state index contributed by atoms with van der Waals surface area (Å²) in [5.74, 6) is -2.49. The smallest absolute Gasteiger partial charge is 0.339 e. The zero-order valence-electron chi connectivity index (χ0n) is 25.9. The third-order valence-electron chi connectivity index (χ3n) is 7.01. The van der Waals surface area contributed by atoms with Crippen LogP contribution in [-0.4, -0.2) is 37.2 Å². The Bertz CT molecular complexity index is 1730. The summed E-state index contributed by atoms with van der Waals surface area (Å²) in [5.41, 5.74) is 3.68. The number of hydrogen-bond acceptors (Lipinski definition) is 8. The maximum absolute atomic E-state index is 14.0. The molecule has 0 spiro atoms. The lowest BCUT2D eigenvalue weighted by atomic mass is 10.0. The molecule has 0 unspecified atom stereocenters. The highest BCUT2D eigenvalue weighted by molar-refractivity contribution is 7.98. The van der Waals surface area contributed by atoms with E-state index in [1.807, 2.05) is 30.3 Å². The highest BCUT2D eigenvalue weighted by Crippen LogP contribution is 2.28. The van der Waals surface area contributed by atoms with Gasteiger partial charge in [-0.05, 0) is 67.8 Å². The van der Waals surface area contributed by atoms with E-state index in [9.17, 15) is 27.6 Å². The van der Waals surface area contributed by atoms with Gasteiger partial charge >= 0.3 is 17.9 Å². The topological polar surface area (TPSA) is 99.1 Å². The Morgan fingerprint density at radius 3 is 1.78 bits per heavy atom. The van der Waals surface area contributed by atoms with Crippen LogP contribution in [-0.2, 0) is 33.2 Å². The van der Waals surface area contributed by atoms with Crippen molar-refractivity contribution in [3.8, 4) is 0 Å². The number of hydrogen-bond donors (Lipinski definition) is 1. The normalized spacial score (nSPS) is 11.3. The number of aliphatic hydroxyl groups excluding tert-OH is 1. The molecule has 0 saturated carbocycles. The van der Waals surface area contributed by atoms with E-state index < -0.39 is 30.3 Å². The van der Waals surface area contributed by atoms with Gasteiger partial charge in [0, 0.05) is 27.3 Å². The van der Waals surface area contributed by atoms with Crippen LogP contribution < -0.4 is 0 Å². The molecule has 4 aromatic carbocycles. The molecule has 1 aliphatic rings. The minimum Gasteiger partial charge on any atom is -0.465 e. The molecule has 7 nitrogen and oxygen atoms in total. The minimum absolute atomic E-state index is 0.0168. The highest BCUT2D eigenvalue weighted by atomic mass is 32.2. The fraction of sp³-hybridized carbons (Fsp3) is 0.229. The summed E-state index contributed by atoms with van der Waals surface area (Å²) in [5, 5.41) is 8.92. The van der Waals surface area contributed by atoms with Crippen molar-refractivity contribution in [2.24, 2.45) is 0 Å². The molecule has 0 aromatic heterocycles. The Morgan fingerprint density at radius 1 is 0.761 bits per heavy atom. The molecule has 46 heavy (non-hydrogen) atoms. The SMILES string of the molecule is COC(=O)c1c(C)ccc(F)c1CO.COC(=O)c1c(C)ccc(F)c1CSc1ccccc1.Cc1ccc(F)c2c1C(=O)OC2. The number of carbonyl (C=O) groups is 3. The molecule has 1 N–H and O–H groups in total. The van der Waals surface area contributed by atoms with E-state index in [0.29, 0.717) is 33.6 Å². The number of methoxy groups -OCH3 is 2. The number of aryl methyl sites for hydroxylation is 3. The third-order valence-corrected chi connectivity index (χ3v) is 8.05. The van der Waals surface area contributed by atoms with Crippen LogP contribution in [0.25, 0.3) is 0 Å². The fourth-order valence-electron chi connectivity index (χ4n) is 4.59. The van der Waals surface area contributed by atoms with Crippen LogP contribution in [0, 0.1) is 38.2 Å². The van der Waals surface area contributed by atoms with E-state index in [4.69, 9.17) is 14.6 Å². The third kappa shape index (κ3) is 8.55. The number of aliphatic hydroxyl groups is 1. The number of rotatable bonds is 6. The zero-order valence-corrected chi connectivity index (χ0v) is 26.7. The predicted octanol–water partition coefficient (Wildman–Crippen LogP) is 7.43. The predicted molar refractivity (Wildman–Crippen MR) is 167 cm³/mol. The largest absolute Gasteiger partial charge is 0.465 e. The molecular weight excluding hydrogens is 621 g/mol. The first kappa shape index (κ1) is 35.9. The van der Waals surface area contributed by atoms with E-state index in [1.54, 1.807) is 32.9 Å². The minimum atomic E-state index is -0.633. The van der Waals surface area contributed by atoms with Crippen LogP contribution >= 0.6 is 11.8 Å². The van der Waals surface area contributed by atoms with Crippen molar-refractivity contribution >= 4 is 29.7 Å². The molecular formula is C35H33F3O7S. The average Bonchev–Trinajstić information content (AvgIpc) is 3.47. The molecule has 0 amide bonds. The van der Waals surface area contributed by atoms with Gasteiger partial charge in [0.25, 0.3) is 0 Å². The van der Waals surface area contributed by atoms with E-state index in [1.165, 1.54) is 50.2 Å². The fourth-order valence-corrected chi connectivity index (χ4v) is 5.54. The molecule has 0 bridgehead atoms. The molecule has 1 heterocycles. The molecule has 0 fully saturated rings. The number of esters is 3. The number of benzene rings is 4. The lowest BCUT2D eigenvalue weighted by Crippen LogP contribution is -2.10. The first-order chi connectivity index (χ1) is 21.9. The summed E-state index contributed by atoms with van der Waals surface area (Å²) in [6.07, 6.45) is 0. The van der Waals surface area contributed by atoms with Gasteiger partial charge in [-0.2, -0.15) is 0 Å². The molecule has 0 aliphatic carbocycles. The second kappa shape index (κ2) is 16.6. The van der Waals surface area contributed by atoms with Crippen molar-refractivity contribution in [2.75, 3.05) is 14.2 Å². The second-order valence-corrected chi connectivity index (χ2v) is 11.0. The van der Waals surface area contributed by atoms with Crippen molar-refractivity contribution in [1.29, 1.82) is 0 Å². The first-order valence-corrected chi connectivity index (χ1v) is 14.9. The number of carbonyl (C=O) groups excluding carboxylic acids is 3. The van der Waals surface area contributed by atoms with Crippen molar-refractivity contribution < 1.29 is 46.9 Å². The Hall–Kier alpha value is -4.61. The Balaban J connectivity index is 0.000000195. The Morgan fingerprint density at radius 2 is 1.26 bits per heavy atom. The molecule has 242 valence electrons. The summed E-state index contributed by atoms with van der Waals surface area (Å²) in [4.78, 5) is 35.2. The molecule has 4 aromatic rings. The van der Waals surface area contributed by atoms with E-state index in [0.717, 1.165) is 16.0 Å². The van der Waals surface area contributed by atoms with Crippen LogP contribution in [0.3, 0.4) is 0 Å². The van der Waals surface area contributed by atoms with Crippen molar-refractivity contribution in [2.45, 2.75) is 44.6 Å². The molecule has 0 radical (unpaired) electrons. The average molecular weight is 655 g/mol. The van der Waals surface area contributed by atoms with Gasteiger partial charge in [-0.1, -0.05) is 36.4 Å². The number of ether oxygens (including phenoxy) is 3. The maximum Gasteiger partial charge on any atom is 0.339 e. The molecule has 0 saturated heterocycles. The number of halogens is 3. The van der Waals surface area contributed by atoms with Gasteiger partial charge in [-0.25, -0.2) is 27.6 Å². The summed E-state index contributed by atoms with van der Waals surface area (Å²) >= 11 is 1.49. The van der Waals surface area contributed by atoms with Crippen LogP contribution in [0.15, 0.2) is 71.6 Å². The standard InChI is InChI=1S/C16H15FO2S.C10H11FO3.C9H7FO2/c1-11-8-9-14(17)13(15(11)16(18)19-2)10-20-12-6-4-3-5-7-12;1-6-3-4-8(11)7(5-12)9(6)10(13)14-2;1-5-2-3-7(10)6-4-12-9(11)8(5)6/h3-9H,10H2,1-2H3;3-4,12H,5H2,1-2H3;2-3H,4H2,1H3. The van der Waals surface area contributed by atoms with Crippen molar-refractivity contribution in [3.05, 3.63) is 134 Å². The Kier molecular flexibility index (Phi) is 13.0. The number of fused-ring (bicyclic) bond motifs is 1. The lowest BCUT2D eigenvalue weighted by Gasteiger charge is -2.11. The van der Waals surface area contributed by atoms with Gasteiger partial charge in [0.05, 0.1) is 37.5 Å². The summed E-state index contributed by atoms with van der Waals surface area (Å²) in [6, 6.07) is 18.3. The van der Waals surface area contributed by atoms with Crippen LogP contribution in [0.2, 0.25) is 0 Å². The van der Waals surface area contributed by atoms with E-state index >= 15 is 0 Å². The van der Waals surface area contributed by atoms with E-state index in [2.05, 4.69) is 4.74 Å². The van der Waals surface area contributed by atoms with Gasteiger partial charge in [-0.15, -0.1) is 11.8 Å². The molecule has 0 atom stereocenters. The van der Waals surface area contributed by atoms with Gasteiger partial charge in [0.2, 0.25) is 0 Å². The van der Waals surface area contributed by atoms with Crippen LogP contribution in [0.4, 0.5) is 13.2 Å². The summed E-state index contributed by atoms with van der Waals surface area (Å²) in [6.45, 7) is 4.76. The molecule has 5 rings (SSSR count). The number of cyclic esters (lactones) is 1. The highest BCUT2D eigenvalue weighted by Gasteiger charge is 2.26. The summed E-state index contributed by atoms with van der Waals surface area (Å²) in [7, 11) is 2.52. The zero-order chi connectivity index (χ0) is 34.0. The van der Waals surface area contributed by atoms with Crippen molar-refractivity contribution in [1.82, 2.24) is 0 Å². The van der Waals surface area contributed by atoms with Gasteiger partial charge in [0.15, 0.2) is 0 Å². The Labute approximate surface area is 269 Å². The quantitative estimate of drug-likeness (QED) is 0.130. The maximum atomic E-state index is 14.0. The number of thioether (sulfide) groups is 1. The lowest BCUT2D eigenvalue weighted by molar-refractivity contribution is 0.0531. The van der Waals surface area contributed by atoms with Gasteiger partial charge in [-0.3, -0.25) is 0 Å². The van der Waals surface area contributed by atoms with E-state index in [-0.39, 0.29) is 29.4 Å². The van der Waals surface area contributed by atoms with Gasteiger partial charge in [0.1, 0.15) is 24.1 Å². The van der Waals surface area contributed by atoms with Crippen LogP contribution in [0.1, 0.15) is 64.5 Å².